The normalized spacial score (nSPS) is 11.6. The summed E-state index contributed by atoms with van der Waals surface area (Å²) in [5.41, 5.74) is 2.84. The van der Waals surface area contributed by atoms with Gasteiger partial charge in [-0.05, 0) is 18.2 Å². The highest BCUT2D eigenvalue weighted by atomic mass is 35.5. The molecule has 0 spiro atoms. The number of para-hydroxylation sites is 1. The zero-order chi connectivity index (χ0) is 14.3. The van der Waals surface area contributed by atoms with E-state index in [0.29, 0.717) is 11.1 Å². The van der Waals surface area contributed by atoms with E-state index in [1.807, 2.05) is 48.0 Å². The van der Waals surface area contributed by atoms with Crippen molar-refractivity contribution in [3.05, 3.63) is 53.5 Å². The van der Waals surface area contributed by atoms with Crippen LogP contribution in [0.4, 0.5) is 0 Å². The van der Waals surface area contributed by atoms with Crippen molar-refractivity contribution in [3.63, 3.8) is 0 Å². The Hall–Kier alpha value is -1.93. The van der Waals surface area contributed by atoms with Crippen LogP contribution in [0.2, 0.25) is 5.02 Å². The van der Waals surface area contributed by atoms with Gasteiger partial charge in [0.25, 0.3) is 0 Å². The van der Waals surface area contributed by atoms with Crippen LogP contribution in [0.25, 0.3) is 22.2 Å². The molecule has 0 fully saturated rings. The number of methoxy groups -OCH3 is 1. The lowest BCUT2D eigenvalue weighted by Gasteiger charge is -2.07. The number of aryl methyl sites for hydroxylation is 1. The molecule has 0 amide bonds. The molecule has 0 unspecified atom stereocenters. The molecular weight excluding hydrogens is 258 g/mol. The molecule has 0 aliphatic heterocycles. The smallest absolute Gasteiger partial charge is 0.119 e. The van der Waals surface area contributed by atoms with Crippen LogP contribution >= 0.6 is 11.6 Å². The van der Waals surface area contributed by atoms with Crippen molar-refractivity contribution in [1.29, 1.82) is 0 Å². The number of hydrogen-bond acceptors (Lipinski definition) is 1. The largest absolute Gasteiger partial charge is 0.497 e. The van der Waals surface area contributed by atoms with Crippen LogP contribution in [0.1, 0.15) is 1.37 Å². The number of ether oxygens (including phenoxy) is 1. The quantitative estimate of drug-likeness (QED) is 0.670. The molecule has 2 aromatic carbocycles. The van der Waals surface area contributed by atoms with Gasteiger partial charge in [0.05, 0.1) is 19.2 Å². The maximum atomic E-state index is 8.03. The third-order valence-electron chi connectivity index (χ3n) is 3.30. The van der Waals surface area contributed by atoms with Crippen LogP contribution in [0.5, 0.6) is 5.75 Å². The van der Waals surface area contributed by atoms with Crippen molar-refractivity contribution in [2.45, 2.75) is 0 Å². The van der Waals surface area contributed by atoms with Crippen LogP contribution in [0.3, 0.4) is 0 Å². The number of fused-ring (bicyclic) bond motifs is 1. The summed E-state index contributed by atoms with van der Waals surface area (Å²) >= 11 is 6.52. The van der Waals surface area contributed by atoms with E-state index in [-0.39, 0.29) is 0 Å². The van der Waals surface area contributed by atoms with Gasteiger partial charge < -0.3 is 9.30 Å². The highest BCUT2D eigenvalue weighted by Crippen LogP contribution is 2.37. The molecule has 1 aromatic heterocycles. The van der Waals surface area contributed by atoms with Crippen molar-refractivity contribution in [3.8, 4) is 17.0 Å². The first-order valence-electron chi connectivity index (χ1n) is 6.51. The number of aromatic nitrogens is 1. The number of halogens is 1. The van der Waals surface area contributed by atoms with Crippen molar-refractivity contribution in [2.24, 2.45) is 7.05 Å². The van der Waals surface area contributed by atoms with Gasteiger partial charge in [-0.2, -0.15) is 0 Å². The Bertz CT molecular complexity index is 795. The molecule has 19 heavy (non-hydrogen) atoms. The van der Waals surface area contributed by atoms with E-state index in [0.717, 1.165) is 27.9 Å². The summed E-state index contributed by atoms with van der Waals surface area (Å²) in [5, 5.41) is 1.40. The summed E-state index contributed by atoms with van der Waals surface area (Å²) in [6, 6.07) is 13.8. The lowest BCUT2D eigenvalue weighted by Crippen LogP contribution is -1.92. The Morgan fingerprint density at radius 2 is 2.05 bits per heavy atom. The highest BCUT2D eigenvalue weighted by molar-refractivity contribution is 6.38. The van der Waals surface area contributed by atoms with Gasteiger partial charge in [0.1, 0.15) is 5.75 Å². The first-order valence-corrected chi connectivity index (χ1v) is 6.39. The lowest BCUT2D eigenvalue weighted by atomic mass is 10.1. The molecule has 0 bridgehead atoms. The number of nitrogens with zero attached hydrogens (tertiary/aromatic N) is 1. The summed E-state index contributed by atoms with van der Waals surface area (Å²) < 4.78 is 15.3. The zero-order valence-electron chi connectivity index (χ0n) is 11.8. The van der Waals surface area contributed by atoms with Gasteiger partial charge in [-0.25, -0.2) is 0 Å². The lowest BCUT2D eigenvalue weighted by molar-refractivity contribution is 0.415. The first-order chi connectivity index (χ1) is 9.63. The van der Waals surface area contributed by atoms with Gasteiger partial charge in [-0.15, -0.1) is 0 Å². The van der Waals surface area contributed by atoms with E-state index < -0.39 is 0 Å². The van der Waals surface area contributed by atoms with E-state index in [2.05, 4.69) is 0 Å². The minimum absolute atomic E-state index is 0.442. The third-order valence-corrected chi connectivity index (χ3v) is 3.67. The Morgan fingerprint density at radius 1 is 1.21 bits per heavy atom. The van der Waals surface area contributed by atoms with Crippen molar-refractivity contribution < 1.29 is 6.11 Å². The molecule has 0 saturated heterocycles. The molecule has 96 valence electrons. The second-order valence-electron chi connectivity index (χ2n) is 4.38. The molecule has 0 aliphatic carbocycles. The molecule has 3 rings (SSSR count). The number of rotatable bonds is 2. The van der Waals surface area contributed by atoms with E-state index in [4.69, 9.17) is 17.7 Å². The van der Waals surface area contributed by atoms with Gasteiger partial charge in [0.2, 0.25) is 0 Å². The standard InChI is InChI=1S/C16H14ClNO/c1-18-14-9-4-3-8-13(14)15(17)16(18)11-6-5-7-12(10-11)19-2/h3-10H,1-2H3/i8D. The maximum Gasteiger partial charge on any atom is 0.119 e. The fraction of sp³-hybridized carbons (Fsp3) is 0.125. The van der Waals surface area contributed by atoms with Crippen LogP contribution in [0.15, 0.2) is 48.5 Å². The molecule has 0 aliphatic rings. The molecule has 0 N–H and O–H groups in total. The predicted octanol–water partition coefficient (Wildman–Crippen LogP) is 4.51. The van der Waals surface area contributed by atoms with E-state index in [1.165, 1.54) is 0 Å². The van der Waals surface area contributed by atoms with Crippen molar-refractivity contribution in [1.82, 2.24) is 4.57 Å². The van der Waals surface area contributed by atoms with E-state index in [1.54, 1.807) is 13.2 Å². The van der Waals surface area contributed by atoms with Gasteiger partial charge in [-0.3, -0.25) is 0 Å². The van der Waals surface area contributed by atoms with Gasteiger partial charge in [0.15, 0.2) is 0 Å². The molecule has 2 nitrogen and oxygen atoms in total. The average Bonchev–Trinajstić information content (AvgIpc) is 2.72. The highest BCUT2D eigenvalue weighted by Gasteiger charge is 2.14. The first kappa shape index (κ1) is 10.9. The predicted molar refractivity (Wildman–Crippen MR) is 79.9 cm³/mol. The van der Waals surface area contributed by atoms with Crippen LogP contribution in [-0.2, 0) is 7.05 Å². The van der Waals surface area contributed by atoms with Gasteiger partial charge >= 0.3 is 0 Å². The summed E-state index contributed by atoms with van der Waals surface area (Å²) in [7, 11) is 3.60. The summed E-state index contributed by atoms with van der Waals surface area (Å²) in [6.07, 6.45) is 0. The molecule has 0 atom stereocenters. The molecule has 3 heteroatoms. The average molecular weight is 273 g/mol. The van der Waals surface area contributed by atoms with Crippen LogP contribution in [0, 0.1) is 0 Å². The minimum atomic E-state index is 0.442. The molecule has 3 aromatic rings. The van der Waals surface area contributed by atoms with Crippen molar-refractivity contribution >= 4 is 22.5 Å². The summed E-state index contributed by atoms with van der Waals surface area (Å²) in [5.74, 6) is 0.787. The second kappa shape index (κ2) is 4.63. The molecule has 1 heterocycles. The number of hydrogen-bond donors (Lipinski definition) is 0. The van der Waals surface area contributed by atoms with Crippen LogP contribution < -0.4 is 4.74 Å². The number of benzene rings is 2. The maximum absolute atomic E-state index is 8.03. The summed E-state index contributed by atoms with van der Waals surface area (Å²) in [6.45, 7) is 0. The molecule has 0 radical (unpaired) electrons. The summed E-state index contributed by atoms with van der Waals surface area (Å²) in [4.78, 5) is 0. The Kier molecular flexibility index (Phi) is 2.67. The Labute approximate surface area is 118 Å². The van der Waals surface area contributed by atoms with Gasteiger partial charge in [0, 0.05) is 23.5 Å². The monoisotopic (exact) mass is 272 g/mol. The van der Waals surface area contributed by atoms with E-state index in [9.17, 15) is 0 Å². The van der Waals surface area contributed by atoms with E-state index >= 15 is 0 Å². The second-order valence-corrected chi connectivity index (χ2v) is 4.76. The Balaban J connectivity index is 2.34. The fourth-order valence-electron chi connectivity index (χ4n) is 2.36. The third kappa shape index (κ3) is 1.89. The minimum Gasteiger partial charge on any atom is -0.497 e. The Morgan fingerprint density at radius 3 is 2.79 bits per heavy atom. The molecule has 0 saturated carbocycles. The van der Waals surface area contributed by atoms with Gasteiger partial charge in [-0.1, -0.05) is 41.9 Å². The topological polar surface area (TPSA) is 14.2 Å². The van der Waals surface area contributed by atoms with Crippen LogP contribution in [-0.4, -0.2) is 11.7 Å². The molecular formula is C16H14ClNO. The fourth-order valence-corrected chi connectivity index (χ4v) is 2.75. The SMILES string of the molecule is [2H]c1cccc2c1c(Cl)c(-c1cccc(OC)c1)n2C. The zero-order valence-corrected chi connectivity index (χ0v) is 11.5. The van der Waals surface area contributed by atoms with Crippen molar-refractivity contribution in [2.75, 3.05) is 7.11 Å².